The first-order valence-electron chi connectivity index (χ1n) is 30.2. The highest BCUT2D eigenvalue weighted by Gasteiger charge is 2.44. The second kappa shape index (κ2) is 33.4. The van der Waals surface area contributed by atoms with E-state index in [1.54, 1.807) is 0 Å². The van der Waals surface area contributed by atoms with Gasteiger partial charge in [0.05, 0.1) is 40.2 Å². The first-order valence-corrected chi connectivity index (χ1v) is 33.3. The molecule has 24 nitrogen and oxygen atoms in total. The molecule has 3 aromatic carbocycles. The van der Waals surface area contributed by atoms with E-state index in [1.165, 1.54) is 29.8 Å². The Morgan fingerprint density at radius 1 is 0.689 bits per heavy atom. The van der Waals surface area contributed by atoms with Crippen LogP contribution in [0.3, 0.4) is 0 Å². The number of anilines is 1. The van der Waals surface area contributed by atoms with Crippen LogP contribution < -0.4 is 30.9 Å². The average Bonchev–Trinajstić information content (AvgIpc) is 1.64. The van der Waals surface area contributed by atoms with Gasteiger partial charge in [0.15, 0.2) is 5.71 Å². The van der Waals surface area contributed by atoms with Crippen molar-refractivity contribution in [1.29, 1.82) is 0 Å². The van der Waals surface area contributed by atoms with E-state index in [4.69, 9.17) is 19.3 Å². The molecule has 1 aliphatic carbocycles. The Morgan fingerprint density at radius 3 is 2.04 bits per heavy atom. The Labute approximate surface area is 526 Å². The molecule has 2 heterocycles. The van der Waals surface area contributed by atoms with Gasteiger partial charge in [0.2, 0.25) is 17.5 Å². The van der Waals surface area contributed by atoms with E-state index < -0.39 is 79.8 Å². The van der Waals surface area contributed by atoms with Crippen LogP contribution in [0.15, 0.2) is 125 Å². The van der Waals surface area contributed by atoms with E-state index in [9.17, 15) is 64.9 Å². The van der Waals surface area contributed by atoms with E-state index in [2.05, 4.69) is 101 Å². The standard InChI is InChI=1S/C64H84N6O18S2/c1-63(2)48-19-7-9-22-52(48)69(37-13-5-6-24-56(71)66-36-39-86-40-41-87-43-57(72)65-35-12-11-21-50(60(75)76)67-62(79)68-51(61(77)78)31-34-58(73)74)54(63)32-25-44-17-16-18-45(59(44)88-46-27-29-47(30-28-46)90(83,84)85)26-33-55-64(3,4)49-20-8-10-23-53(49)70(55)38-14-15-42-89(80,81)82/h7-10,19-20,22-23,25-30,32-33,50-51H,5-6,11-18,21,24,31,34-43H2,1-4H3,(H8-,65,66,67,68,71,72,73,74,75,76,77,78,79,80,81,82,83,84,85)/t50-,51-/m0/s1. The molecular formula is C64H84N6O18S2. The van der Waals surface area contributed by atoms with Gasteiger partial charge in [0.25, 0.3) is 10.1 Å². The summed E-state index contributed by atoms with van der Waals surface area (Å²) < 4.78 is 88.1. The quantitative estimate of drug-likeness (QED) is 0.0158. The third kappa shape index (κ3) is 21.2. The number of hydrogen-bond donors (Lipinski definition) is 8. The SMILES string of the molecule is CC1(C)C(/C=C/C2=C(Oc3ccc(S(=O)(=O)O)cc3)C(=C/C=C3/N(CCCCS(=O)(=O)[O-])c4ccccc4C3(C)C)/CCC2)=[N+](CCCCCC(=O)NCCOCCOCC(=O)NCCCC[C@H](NC(=O)N[C@@H](CCC(=O)O)C(=O)O)C(=O)O)c2ccccc21. The molecule has 0 saturated carbocycles. The van der Waals surface area contributed by atoms with Gasteiger partial charge in [-0.3, -0.25) is 18.9 Å². The van der Waals surface area contributed by atoms with Gasteiger partial charge in [0.1, 0.15) is 36.7 Å². The Kier molecular flexibility index (Phi) is 26.4. The van der Waals surface area contributed by atoms with Crippen molar-refractivity contribution >= 4 is 73.1 Å². The first kappa shape index (κ1) is 71.3. The van der Waals surface area contributed by atoms with Crippen molar-refractivity contribution in [2.24, 2.45) is 0 Å². The van der Waals surface area contributed by atoms with Crippen molar-refractivity contribution in [3.63, 3.8) is 0 Å². The average molecular weight is 1290 g/mol. The zero-order valence-corrected chi connectivity index (χ0v) is 53.0. The number of carbonyl (C=O) groups excluding carboxylic acids is 3. The van der Waals surface area contributed by atoms with Crippen LogP contribution in [0, 0.1) is 0 Å². The van der Waals surface area contributed by atoms with Crippen LogP contribution in [-0.4, -0.2) is 158 Å². The fourth-order valence-corrected chi connectivity index (χ4v) is 12.2. The first-order chi connectivity index (χ1) is 42.7. The lowest BCUT2D eigenvalue weighted by Crippen LogP contribution is -2.51. The minimum atomic E-state index is -4.45. The van der Waals surface area contributed by atoms with Crippen LogP contribution in [-0.2, 0) is 64.5 Å². The number of rotatable bonds is 37. The summed E-state index contributed by atoms with van der Waals surface area (Å²) in [4.78, 5) is 72.9. The van der Waals surface area contributed by atoms with Crippen LogP contribution in [0.1, 0.15) is 129 Å². The number of ether oxygens (including phenoxy) is 3. The number of unbranched alkanes of at least 4 members (excludes halogenated alkanes) is 4. The molecule has 0 aromatic heterocycles. The van der Waals surface area contributed by atoms with Crippen LogP contribution in [0.2, 0.25) is 0 Å². The molecule has 490 valence electrons. The summed E-state index contributed by atoms with van der Waals surface area (Å²) in [5.74, 6) is -4.02. The molecule has 0 fully saturated rings. The third-order valence-corrected chi connectivity index (χ3v) is 17.5. The lowest BCUT2D eigenvalue weighted by atomic mass is 9.81. The number of carboxylic acid groups (broad SMARTS) is 3. The van der Waals surface area contributed by atoms with E-state index >= 15 is 0 Å². The minimum Gasteiger partial charge on any atom is -0.748 e. The lowest BCUT2D eigenvalue weighted by Gasteiger charge is -2.27. The van der Waals surface area contributed by atoms with Gasteiger partial charge in [-0.25, -0.2) is 22.8 Å². The molecule has 0 bridgehead atoms. The number of amides is 4. The van der Waals surface area contributed by atoms with Crippen molar-refractivity contribution in [3.05, 3.63) is 131 Å². The molecule has 3 aliphatic rings. The summed E-state index contributed by atoms with van der Waals surface area (Å²) in [5, 5.41) is 37.3. The van der Waals surface area contributed by atoms with Crippen molar-refractivity contribution < 1.29 is 88.8 Å². The minimum absolute atomic E-state index is 0.0173. The maximum Gasteiger partial charge on any atom is 0.326 e. The third-order valence-electron chi connectivity index (χ3n) is 15.9. The number of nitrogens with zero attached hydrogens (tertiary/aromatic N) is 2. The molecular weight excluding hydrogens is 1200 g/mol. The molecule has 2 atom stereocenters. The zero-order chi connectivity index (χ0) is 65.7. The van der Waals surface area contributed by atoms with Gasteiger partial charge in [0, 0.05) is 79.2 Å². The van der Waals surface area contributed by atoms with E-state index in [0.29, 0.717) is 63.1 Å². The van der Waals surface area contributed by atoms with Gasteiger partial charge < -0.3 is 60.2 Å². The molecule has 2 aliphatic heterocycles. The highest BCUT2D eigenvalue weighted by atomic mass is 32.2. The molecule has 26 heteroatoms. The molecule has 90 heavy (non-hydrogen) atoms. The number of nitrogens with one attached hydrogen (secondary N) is 4. The van der Waals surface area contributed by atoms with Crippen molar-refractivity contribution in [2.45, 2.75) is 145 Å². The predicted octanol–water partition coefficient (Wildman–Crippen LogP) is 7.38. The van der Waals surface area contributed by atoms with Gasteiger partial charge in [-0.15, -0.1) is 0 Å². The molecule has 4 amide bonds. The monoisotopic (exact) mass is 1290 g/mol. The van der Waals surface area contributed by atoms with Gasteiger partial charge >= 0.3 is 23.9 Å². The molecule has 3 aromatic rings. The summed E-state index contributed by atoms with van der Waals surface area (Å²) in [6, 6.07) is 18.1. The second-order valence-electron chi connectivity index (χ2n) is 23.3. The number of aliphatic carboxylic acids is 3. The summed E-state index contributed by atoms with van der Waals surface area (Å²) in [6.07, 6.45) is 13.6. The number of para-hydroxylation sites is 2. The maximum absolute atomic E-state index is 12.8. The van der Waals surface area contributed by atoms with Crippen LogP contribution in [0.25, 0.3) is 0 Å². The normalized spacial score (nSPS) is 16.8. The van der Waals surface area contributed by atoms with Crippen LogP contribution in [0.5, 0.6) is 5.75 Å². The molecule has 0 spiro atoms. The Morgan fingerprint density at radius 2 is 1.36 bits per heavy atom. The number of fused-ring (bicyclic) bond motifs is 2. The maximum atomic E-state index is 12.8. The van der Waals surface area contributed by atoms with Gasteiger partial charge in [-0.05, 0) is 144 Å². The fourth-order valence-electron chi connectivity index (χ4n) is 11.2. The molecule has 6 rings (SSSR count). The molecule has 0 radical (unpaired) electrons. The van der Waals surface area contributed by atoms with Gasteiger partial charge in [-0.1, -0.05) is 56.3 Å². The van der Waals surface area contributed by atoms with E-state index in [-0.39, 0.29) is 81.4 Å². The Hall–Kier alpha value is -7.75. The number of allylic oxidation sites excluding steroid dienone is 7. The Bertz CT molecular complexity index is 3450. The zero-order valence-electron chi connectivity index (χ0n) is 51.4. The second-order valence-corrected chi connectivity index (χ2v) is 26.2. The number of carboxylic acids is 3. The van der Waals surface area contributed by atoms with E-state index in [0.717, 1.165) is 58.8 Å². The fraction of sp³-hybridized carbons (Fsp3) is 0.484. The van der Waals surface area contributed by atoms with Gasteiger partial charge in [-0.2, -0.15) is 13.0 Å². The topological polar surface area (TPSA) is 357 Å². The summed E-state index contributed by atoms with van der Waals surface area (Å²) >= 11 is 0. The van der Waals surface area contributed by atoms with E-state index in [1.807, 2.05) is 30.3 Å². The molecule has 0 unspecified atom stereocenters. The number of benzene rings is 3. The predicted molar refractivity (Wildman–Crippen MR) is 334 cm³/mol. The largest absolute Gasteiger partial charge is 0.748 e. The number of urea groups is 1. The van der Waals surface area contributed by atoms with Crippen molar-refractivity contribution in [2.75, 3.05) is 63.3 Å². The number of hydrogen-bond acceptors (Lipinski definition) is 15. The summed E-state index contributed by atoms with van der Waals surface area (Å²) in [7, 11) is -8.81. The van der Waals surface area contributed by atoms with Crippen LogP contribution >= 0.6 is 0 Å². The smallest absolute Gasteiger partial charge is 0.326 e. The highest BCUT2D eigenvalue weighted by Crippen LogP contribution is 2.48. The lowest BCUT2D eigenvalue weighted by molar-refractivity contribution is -0.438. The molecule has 8 N–H and O–H groups in total. The van der Waals surface area contributed by atoms with Crippen LogP contribution in [0.4, 0.5) is 16.2 Å². The summed E-state index contributed by atoms with van der Waals surface area (Å²) in [5.41, 5.74) is 7.50. The van der Waals surface area contributed by atoms with Crippen molar-refractivity contribution in [1.82, 2.24) is 21.3 Å². The number of carbonyl (C=O) groups is 6. The molecule has 0 saturated heterocycles. The van der Waals surface area contributed by atoms with Crippen molar-refractivity contribution in [3.8, 4) is 5.75 Å². The summed E-state index contributed by atoms with van der Waals surface area (Å²) in [6.45, 7) is 10.7. The highest BCUT2D eigenvalue weighted by molar-refractivity contribution is 7.86. The Balaban J connectivity index is 0.997.